The second-order valence-electron chi connectivity index (χ2n) is 4.44. The first kappa shape index (κ1) is 13.1. The molecule has 0 aliphatic heterocycles. The van der Waals surface area contributed by atoms with Gasteiger partial charge in [0.25, 0.3) is 5.56 Å². The fourth-order valence-electron chi connectivity index (χ4n) is 2.02. The van der Waals surface area contributed by atoms with Crippen LogP contribution in [0.3, 0.4) is 0 Å². The number of aromatic nitrogens is 2. The normalized spacial score (nSPS) is 10.5. The summed E-state index contributed by atoms with van der Waals surface area (Å²) in [6, 6.07) is 6.92. The van der Waals surface area contributed by atoms with Crippen LogP contribution in [-0.4, -0.2) is 16.7 Å². The van der Waals surface area contributed by atoms with Crippen molar-refractivity contribution in [1.29, 1.82) is 0 Å². The average Bonchev–Trinajstić information content (AvgIpc) is 2.35. The van der Waals surface area contributed by atoms with Crippen LogP contribution in [0.15, 0.2) is 29.1 Å². The van der Waals surface area contributed by atoms with E-state index in [0.717, 1.165) is 11.3 Å². The van der Waals surface area contributed by atoms with Gasteiger partial charge in [0.2, 0.25) is 0 Å². The molecule has 19 heavy (non-hydrogen) atoms. The van der Waals surface area contributed by atoms with Gasteiger partial charge < -0.3 is 10.5 Å². The first-order valence-electron chi connectivity index (χ1n) is 5.98. The number of hydrogen-bond acceptors (Lipinski definition) is 4. The lowest BCUT2D eigenvalue weighted by molar-refractivity contribution is 0.408. The van der Waals surface area contributed by atoms with Crippen molar-refractivity contribution in [2.24, 2.45) is 0 Å². The van der Waals surface area contributed by atoms with Gasteiger partial charge in [0.1, 0.15) is 11.6 Å². The quantitative estimate of drug-likeness (QED) is 0.848. The zero-order valence-electron chi connectivity index (χ0n) is 11.3. The van der Waals surface area contributed by atoms with E-state index in [0.29, 0.717) is 23.8 Å². The molecule has 1 aromatic heterocycles. The monoisotopic (exact) mass is 259 g/mol. The second kappa shape index (κ2) is 5.14. The van der Waals surface area contributed by atoms with Crippen molar-refractivity contribution in [3.05, 3.63) is 51.7 Å². The average molecular weight is 259 g/mol. The van der Waals surface area contributed by atoms with Gasteiger partial charge in [-0.05, 0) is 19.9 Å². The predicted molar refractivity (Wildman–Crippen MR) is 74.5 cm³/mol. The van der Waals surface area contributed by atoms with E-state index in [1.54, 1.807) is 23.8 Å². The van der Waals surface area contributed by atoms with E-state index >= 15 is 0 Å². The Morgan fingerprint density at radius 1 is 1.32 bits per heavy atom. The lowest BCUT2D eigenvalue weighted by Gasteiger charge is -2.13. The number of hydrogen-bond donors (Lipinski definition) is 1. The first-order valence-corrected chi connectivity index (χ1v) is 5.98. The molecule has 5 nitrogen and oxygen atoms in total. The van der Waals surface area contributed by atoms with Crippen LogP contribution in [0.4, 0.5) is 5.69 Å². The molecule has 1 heterocycles. The molecule has 0 fully saturated rings. The standard InChI is InChI=1S/C14H17N3O2/c1-9-6-14(18)17(10(2)16-9)8-11-4-5-12(15)7-13(11)19-3/h4-7H,8,15H2,1-3H3. The van der Waals surface area contributed by atoms with E-state index in [9.17, 15) is 4.79 Å². The van der Waals surface area contributed by atoms with Gasteiger partial charge in [0.15, 0.2) is 0 Å². The molecule has 0 saturated heterocycles. The van der Waals surface area contributed by atoms with Crippen molar-refractivity contribution in [2.45, 2.75) is 20.4 Å². The van der Waals surface area contributed by atoms with Crippen molar-refractivity contribution < 1.29 is 4.74 Å². The van der Waals surface area contributed by atoms with E-state index in [1.165, 1.54) is 6.07 Å². The molecule has 0 atom stereocenters. The minimum absolute atomic E-state index is 0.0659. The molecule has 0 unspecified atom stereocenters. The Bertz CT molecular complexity index is 662. The minimum Gasteiger partial charge on any atom is -0.496 e. The number of ether oxygens (including phenoxy) is 1. The van der Waals surface area contributed by atoms with Crippen molar-refractivity contribution >= 4 is 5.69 Å². The van der Waals surface area contributed by atoms with Crippen LogP contribution >= 0.6 is 0 Å². The zero-order valence-corrected chi connectivity index (χ0v) is 11.3. The number of nitrogen functional groups attached to an aromatic ring is 1. The molecule has 5 heteroatoms. The van der Waals surface area contributed by atoms with Crippen molar-refractivity contribution in [3.8, 4) is 5.75 Å². The van der Waals surface area contributed by atoms with E-state index in [1.807, 2.05) is 19.9 Å². The third-order valence-electron chi connectivity index (χ3n) is 2.97. The highest BCUT2D eigenvalue weighted by molar-refractivity contribution is 5.48. The summed E-state index contributed by atoms with van der Waals surface area (Å²) in [5.41, 5.74) is 7.90. The van der Waals surface area contributed by atoms with Gasteiger partial charge in [0, 0.05) is 29.1 Å². The van der Waals surface area contributed by atoms with Crippen LogP contribution in [-0.2, 0) is 6.54 Å². The topological polar surface area (TPSA) is 70.1 Å². The zero-order chi connectivity index (χ0) is 14.0. The Kier molecular flexibility index (Phi) is 3.55. The van der Waals surface area contributed by atoms with Crippen molar-refractivity contribution in [1.82, 2.24) is 9.55 Å². The number of rotatable bonds is 3. The number of aryl methyl sites for hydroxylation is 2. The largest absolute Gasteiger partial charge is 0.496 e. The maximum atomic E-state index is 12.0. The molecular formula is C14H17N3O2. The number of anilines is 1. The summed E-state index contributed by atoms with van der Waals surface area (Å²) in [7, 11) is 1.58. The van der Waals surface area contributed by atoms with Gasteiger partial charge in [-0.25, -0.2) is 4.98 Å². The molecule has 0 amide bonds. The summed E-state index contributed by atoms with van der Waals surface area (Å²) in [5.74, 6) is 1.36. The first-order chi connectivity index (χ1) is 9.01. The maximum Gasteiger partial charge on any atom is 0.254 e. The third-order valence-corrected chi connectivity index (χ3v) is 2.97. The molecule has 0 spiro atoms. The Hall–Kier alpha value is -2.30. The van der Waals surface area contributed by atoms with Gasteiger partial charge in [-0.3, -0.25) is 9.36 Å². The van der Waals surface area contributed by atoms with Gasteiger partial charge in [-0.2, -0.15) is 0 Å². The summed E-state index contributed by atoms with van der Waals surface area (Å²) >= 11 is 0. The lowest BCUT2D eigenvalue weighted by atomic mass is 10.1. The van der Waals surface area contributed by atoms with E-state index in [4.69, 9.17) is 10.5 Å². The maximum absolute atomic E-state index is 12.0. The molecule has 0 aliphatic rings. The van der Waals surface area contributed by atoms with Gasteiger partial charge >= 0.3 is 0 Å². The summed E-state index contributed by atoms with van der Waals surface area (Å²) in [5, 5.41) is 0. The summed E-state index contributed by atoms with van der Waals surface area (Å²) in [6.07, 6.45) is 0. The Balaban J connectivity index is 2.45. The van der Waals surface area contributed by atoms with Crippen LogP contribution in [0, 0.1) is 13.8 Å². The Labute approximate surface area is 111 Å². The predicted octanol–water partition coefficient (Wildman–Crippen LogP) is 1.50. The third kappa shape index (κ3) is 2.76. The van der Waals surface area contributed by atoms with E-state index < -0.39 is 0 Å². The van der Waals surface area contributed by atoms with E-state index in [-0.39, 0.29) is 5.56 Å². The summed E-state index contributed by atoms with van der Waals surface area (Å²) in [4.78, 5) is 16.3. The van der Waals surface area contributed by atoms with Crippen LogP contribution in [0.25, 0.3) is 0 Å². The number of nitrogens with two attached hydrogens (primary N) is 1. The number of nitrogens with zero attached hydrogens (tertiary/aromatic N) is 2. The number of benzene rings is 1. The van der Waals surface area contributed by atoms with Crippen LogP contribution in [0.1, 0.15) is 17.1 Å². The molecule has 2 aromatic rings. The highest BCUT2D eigenvalue weighted by atomic mass is 16.5. The molecule has 100 valence electrons. The summed E-state index contributed by atoms with van der Waals surface area (Å²) in [6.45, 7) is 4.04. The molecular weight excluding hydrogens is 242 g/mol. The highest BCUT2D eigenvalue weighted by Crippen LogP contribution is 2.22. The smallest absolute Gasteiger partial charge is 0.254 e. The van der Waals surface area contributed by atoms with Gasteiger partial charge in [-0.1, -0.05) is 6.07 Å². The molecule has 2 rings (SSSR count). The van der Waals surface area contributed by atoms with Gasteiger partial charge in [-0.15, -0.1) is 0 Å². The van der Waals surface area contributed by atoms with Crippen LogP contribution < -0.4 is 16.0 Å². The van der Waals surface area contributed by atoms with E-state index in [2.05, 4.69) is 4.98 Å². The fraction of sp³-hybridized carbons (Fsp3) is 0.286. The SMILES string of the molecule is COc1cc(N)ccc1Cn1c(C)nc(C)cc1=O. The van der Waals surface area contributed by atoms with Crippen molar-refractivity contribution in [2.75, 3.05) is 12.8 Å². The molecule has 0 radical (unpaired) electrons. The van der Waals surface area contributed by atoms with Crippen LogP contribution in [0.2, 0.25) is 0 Å². The molecule has 0 aliphatic carbocycles. The molecule has 1 aromatic carbocycles. The lowest BCUT2D eigenvalue weighted by Crippen LogP contribution is -2.24. The molecule has 2 N–H and O–H groups in total. The Morgan fingerprint density at radius 3 is 2.68 bits per heavy atom. The molecule has 0 saturated carbocycles. The van der Waals surface area contributed by atoms with Gasteiger partial charge in [0.05, 0.1) is 13.7 Å². The fourth-order valence-corrected chi connectivity index (χ4v) is 2.02. The van der Waals surface area contributed by atoms with Crippen LogP contribution in [0.5, 0.6) is 5.75 Å². The number of methoxy groups -OCH3 is 1. The Morgan fingerprint density at radius 2 is 2.05 bits per heavy atom. The molecule has 0 bridgehead atoms. The minimum atomic E-state index is -0.0659. The van der Waals surface area contributed by atoms with Crippen molar-refractivity contribution in [3.63, 3.8) is 0 Å². The summed E-state index contributed by atoms with van der Waals surface area (Å²) < 4.78 is 6.90. The highest BCUT2D eigenvalue weighted by Gasteiger charge is 2.08. The second-order valence-corrected chi connectivity index (χ2v) is 4.44.